The van der Waals surface area contributed by atoms with E-state index in [1.165, 1.54) is 23.5 Å². The van der Waals surface area contributed by atoms with Gasteiger partial charge in [-0.2, -0.15) is 13.2 Å². The van der Waals surface area contributed by atoms with Crippen molar-refractivity contribution in [1.82, 2.24) is 9.97 Å². The number of anilines is 2. The van der Waals surface area contributed by atoms with Gasteiger partial charge in [0.2, 0.25) is 0 Å². The Bertz CT molecular complexity index is 1100. The van der Waals surface area contributed by atoms with Crippen molar-refractivity contribution in [3.8, 4) is 5.75 Å². The van der Waals surface area contributed by atoms with E-state index >= 15 is 0 Å². The summed E-state index contributed by atoms with van der Waals surface area (Å²) in [5.74, 6) is -0.537. The molecule has 0 atom stereocenters. The van der Waals surface area contributed by atoms with Gasteiger partial charge in [0.1, 0.15) is 5.82 Å². The number of nitrogens with zero attached hydrogens (tertiary/aromatic N) is 2. The van der Waals surface area contributed by atoms with Gasteiger partial charge in [-0.1, -0.05) is 12.1 Å². The number of benzene rings is 1. The Labute approximate surface area is 202 Å². The van der Waals surface area contributed by atoms with Crippen molar-refractivity contribution in [3.63, 3.8) is 0 Å². The summed E-state index contributed by atoms with van der Waals surface area (Å²) in [4.78, 5) is 17.4. The summed E-state index contributed by atoms with van der Waals surface area (Å²) >= 11 is 1.50. The lowest BCUT2D eigenvalue weighted by atomic mass is 9.84. The fraction of sp³-hybridized carbons (Fsp3) is 0.348. The van der Waals surface area contributed by atoms with Gasteiger partial charge in [0.15, 0.2) is 16.7 Å². The van der Waals surface area contributed by atoms with Gasteiger partial charge >= 0.3 is 12.3 Å². The third kappa shape index (κ3) is 8.09. The molecule has 0 bridgehead atoms. The van der Waals surface area contributed by atoms with E-state index < -0.39 is 23.7 Å². The van der Waals surface area contributed by atoms with Gasteiger partial charge in [-0.3, -0.25) is 0 Å². The number of nitrogens with one attached hydrogen (secondary N) is 1. The summed E-state index contributed by atoms with van der Waals surface area (Å²) in [5.41, 5.74) is -0.328. The number of hydrogen-bond acceptors (Lipinski definition) is 6. The summed E-state index contributed by atoms with van der Waals surface area (Å²) in [6.45, 7) is 0. The van der Waals surface area contributed by atoms with E-state index in [1.54, 1.807) is 6.20 Å². The molecule has 1 aliphatic rings. The number of thiazole rings is 1. The van der Waals surface area contributed by atoms with Crippen LogP contribution < -0.4 is 10.1 Å². The van der Waals surface area contributed by atoms with E-state index in [2.05, 4.69) is 15.3 Å². The number of alkyl halides is 3. The van der Waals surface area contributed by atoms with Gasteiger partial charge in [0, 0.05) is 17.3 Å². The molecular formula is C23H23F4N3O4S. The van der Waals surface area contributed by atoms with Crippen molar-refractivity contribution >= 4 is 28.4 Å². The minimum atomic E-state index is -4.74. The van der Waals surface area contributed by atoms with Crippen molar-refractivity contribution in [1.29, 1.82) is 0 Å². The molecule has 188 valence electrons. The summed E-state index contributed by atoms with van der Waals surface area (Å²) in [6.07, 6.45) is -1.32. The molecule has 2 heterocycles. The van der Waals surface area contributed by atoms with Gasteiger partial charge < -0.3 is 20.3 Å². The molecule has 0 spiro atoms. The average Bonchev–Trinajstić information content (AvgIpc) is 3.29. The molecule has 4 rings (SSSR count). The number of pyridine rings is 1. The normalized spacial score (nSPS) is 17.7. The predicted octanol–water partition coefficient (Wildman–Crippen LogP) is 6.84. The molecule has 1 saturated carbocycles. The Kier molecular flexibility index (Phi) is 8.85. The van der Waals surface area contributed by atoms with Crippen LogP contribution in [0.15, 0.2) is 48.0 Å². The maximum absolute atomic E-state index is 14.2. The molecule has 0 aliphatic heterocycles. The number of halogens is 4. The zero-order valence-electron chi connectivity index (χ0n) is 18.3. The lowest BCUT2D eigenvalue weighted by Gasteiger charge is -2.29. The minimum Gasteiger partial charge on any atom is -0.487 e. The van der Waals surface area contributed by atoms with Crippen LogP contribution in [-0.4, -0.2) is 32.4 Å². The van der Waals surface area contributed by atoms with Crippen LogP contribution in [0.1, 0.15) is 36.9 Å². The highest BCUT2D eigenvalue weighted by molar-refractivity contribution is 7.13. The summed E-state index contributed by atoms with van der Waals surface area (Å²) in [6, 6.07) is 8.96. The lowest BCUT2D eigenvalue weighted by Crippen LogP contribution is -2.26. The molecule has 0 amide bonds. The van der Waals surface area contributed by atoms with Crippen LogP contribution >= 0.6 is 11.3 Å². The Morgan fingerprint density at radius 1 is 1.11 bits per heavy atom. The topological polar surface area (TPSA) is 105 Å². The number of aromatic nitrogens is 2. The maximum atomic E-state index is 14.2. The van der Waals surface area contributed by atoms with E-state index in [1.807, 2.05) is 23.6 Å². The molecule has 3 aromatic rings. The van der Waals surface area contributed by atoms with Crippen molar-refractivity contribution in [2.75, 3.05) is 5.32 Å². The smallest absolute Gasteiger partial charge is 0.487 e. The van der Waals surface area contributed by atoms with Gasteiger partial charge in [-0.25, -0.2) is 19.2 Å². The Hall–Kier alpha value is -3.41. The van der Waals surface area contributed by atoms with E-state index in [9.17, 15) is 17.6 Å². The number of carboxylic acid groups (broad SMARTS) is 2. The third-order valence-corrected chi connectivity index (χ3v) is 6.02. The molecule has 2 aromatic heterocycles. The second-order valence-corrected chi connectivity index (χ2v) is 8.73. The Morgan fingerprint density at radius 3 is 2.43 bits per heavy atom. The second kappa shape index (κ2) is 11.8. The van der Waals surface area contributed by atoms with Gasteiger partial charge in [0.25, 0.3) is 0 Å². The monoisotopic (exact) mass is 513 g/mol. The molecular weight excluding hydrogens is 490 g/mol. The quantitative estimate of drug-likeness (QED) is 0.310. The second-order valence-electron chi connectivity index (χ2n) is 7.84. The standard InChI is InChI=1S/C22H21F4N3OS.CH2O3/c23-20-17(22(24,25)26)4-2-5-18(20)30-16-9-7-14(8-10-16)13-15-3-1-6-19(28-15)29-21-27-11-12-31-21;2-1(3)4/h1-6,11-12,14,16H,7-10,13H2,(H,27,28,29);(H2,2,3,4)/t14-,16-;. The van der Waals surface area contributed by atoms with Crippen LogP contribution in [0, 0.1) is 11.7 Å². The van der Waals surface area contributed by atoms with Crippen LogP contribution in [0.4, 0.5) is 33.3 Å². The van der Waals surface area contributed by atoms with Gasteiger partial charge in [-0.15, -0.1) is 11.3 Å². The van der Waals surface area contributed by atoms with Crippen LogP contribution in [0.2, 0.25) is 0 Å². The number of rotatable bonds is 6. The van der Waals surface area contributed by atoms with E-state index in [4.69, 9.17) is 19.7 Å². The molecule has 12 heteroatoms. The van der Waals surface area contributed by atoms with Gasteiger partial charge in [-0.05, 0) is 62.3 Å². The third-order valence-electron chi connectivity index (χ3n) is 5.33. The number of carbonyl (C=O) groups is 1. The fourth-order valence-corrected chi connectivity index (χ4v) is 4.34. The molecule has 1 aliphatic carbocycles. The van der Waals surface area contributed by atoms with Crippen LogP contribution in [0.25, 0.3) is 0 Å². The van der Waals surface area contributed by atoms with Crippen molar-refractivity contribution in [2.24, 2.45) is 5.92 Å². The highest BCUT2D eigenvalue weighted by Gasteiger charge is 2.35. The zero-order chi connectivity index (χ0) is 25.4. The molecule has 7 nitrogen and oxygen atoms in total. The molecule has 0 unspecified atom stereocenters. The molecule has 3 N–H and O–H groups in total. The molecule has 1 aromatic carbocycles. The highest BCUT2D eigenvalue weighted by atomic mass is 32.1. The fourth-order valence-electron chi connectivity index (χ4n) is 3.81. The van der Waals surface area contributed by atoms with E-state index in [-0.39, 0.29) is 11.9 Å². The molecule has 1 fully saturated rings. The molecule has 35 heavy (non-hydrogen) atoms. The van der Waals surface area contributed by atoms with Crippen LogP contribution in [0.5, 0.6) is 5.75 Å². The van der Waals surface area contributed by atoms with Gasteiger partial charge in [0.05, 0.1) is 11.7 Å². The summed E-state index contributed by atoms with van der Waals surface area (Å²) in [7, 11) is 0. The SMILES string of the molecule is Fc1c(O[C@H]2CC[C@H](Cc3cccc(Nc4nccs4)n3)CC2)cccc1C(F)(F)F.O=C(O)O. The predicted molar refractivity (Wildman–Crippen MR) is 122 cm³/mol. The van der Waals surface area contributed by atoms with Crippen molar-refractivity contribution in [2.45, 2.75) is 44.4 Å². The first-order chi connectivity index (χ1) is 16.6. The average molecular weight is 514 g/mol. The highest BCUT2D eigenvalue weighted by Crippen LogP contribution is 2.36. The van der Waals surface area contributed by atoms with Crippen LogP contribution in [-0.2, 0) is 12.6 Å². The first kappa shape index (κ1) is 26.2. The Morgan fingerprint density at radius 2 is 1.80 bits per heavy atom. The Balaban J connectivity index is 0.000000795. The van der Waals surface area contributed by atoms with Crippen molar-refractivity contribution < 1.29 is 37.3 Å². The number of hydrogen-bond donors (Lipinski definition) is 3. The summed E-state index contributed by atoms with van der Waals surface area (Å²) in [5, 5.41) is 19.8. The first-order valence-corrected chi connectivity index (χ1v) is 11.6. The molecule has 0 radical (unpaired) electrons. The van der Waals surface area contributed by atoms with Crippen LogP contribution in [0.3, 0.4) is 0 Å². The van der Waals surface area contributed by atoms with Crippen molar-refractivity contribution in [3.05, 3.63) is 65.0 Å². The largest absolute Gasteiger partial charge is 0.503 e. The van der Waals surface area contributed by atoms with E-state index in [0.29, 0.717) is 18.8 Å². The maximum Gasteiger partial charge on any atom is 0.503 e. The van der Waals surface area contributed by atoms with E-state index in [0.717, 1.165) is 42.0 Å². The summed E-state index contributed by atoms with van der Waals surface area (Å²) < 4.78 is 58.5. The first-order valence-electron chi connectivity index (χ1n) is 10.7. The molecule has 0 saturated heterocycles. The zero-order valence-corrected chi connectivity index (χ0v) is 19.2. The minimum absolute atomic E-state index is 0.292. The lowest BCUT2D eigenvalue weighted by molar-refractivity contribution is -0.140. The number of ether oxygens (including phenoxy) is 1.